The van der Waals surface area contributed by atoms with Gasteiger partial charge in [-0.05, 0) is 25.7 Å². The predicted octanol–water partition coefficient (Wildman–Crippen LogP) is 2.28. The maximum atomic E-state index is 4.97. The molecule has 2 unspecified atom stereocenters. The highest BCUT2D eigenvalue weighted by atomic mass is 32.1. The Bertz CT molecular complexity index is 186. The monoisotopic (exact) mass is 169 g/mol. The van der Waals surface area contributed by atoms with Crippen LogP contribution < -0.4 is 5.32 Å². The standard InChI is InChI=1S/C9H15NS/c1-6-4-5-9(7(6)2)10-8(3)11/h6,9H,2,4-5H2,1,3H3,(H,10,11). The molecule has 0 amide bonds. The van der Waals surface area contributed by atoms with E-state index in [1.54, 1.807) is 0 Å². The summed E-state index contributed by atoms with van der Waals surface area (Å²) in [4.78, 5) is 0.880. The summed E-state index contributed by atoms with van der Waals surface area (Å²) in [7, 11) is 0. The fourth-order valence-corrected chi connectivity index (χ4v) is 1.68. The van der Waals surface area contributed by atoms with Gasteiger partial charge in [-0.2, -0.15) is 0 Å². The number of hydrogen-bond acceptors (Lipinski definition) is 1. The molecule has 0 saturated heterocycles. The minimum absolute atomic E-state index is 0.447. The molecule has 1 nitrogen and oxygen atoms in total. The minimum Gasteiger partial charge on any atom is -0.373 e. The van der Waals surface area contributed by atoms with Crippen molar-refractivity contribution in [2.24, 2.45) is 5.92 Å². The van der Waals surface area contributed by atoms with Crippen LogP contribution in [0.2, 0.25) is 0 Å². The number of thiocarbonyl (C=S) groups is 1. The summed E-state index contributed by atoms with van der Waals surface area (Å²) in [6, 6.07) is 0.447. The Balaban J connectivity index is 2.49. The van der Waals surface area contributed by atoms with Crippen molar-refractivity contribution < 1.29 is 0 Å². The summed E-state index contributed by atoms with van der Waals surface area (Å²) in [5.74, 6) is 0.668. The number of nitrogens with one attached hydrogen (secondary N) is 1. The summed E-state index contributed by atoms with van der Waals surface area (Å²) >= 11 is 4.97. The molecule has 1 fully saturated rings. The first kappa shape index (κ1) is 8.72. The van der Waals surface area contributed by atoms with Crippen LogP contribution in [0.15, 0.2) is 12.2 Å². The largest absolute Gasteiger partial charge is 0.373 e. The lowest BCUT2D eigenvalue weighted by molar-refractivity contribution is 0.682. The van der Waals surface area contributed by atoms with E-state index in [2.05, 4.69) is 18.8 Å². The van der Waals surface area contributed by atoms with E-state index in [0.717, 1.165) is 4.99 Å². The zero-order valence-electron chi connectivity index (χ0n) is 7.18. The first-order valence-electron chi connectivity index (χ1n) is 4.07. The molecule has 0 aromatic rings. The van der Waals surface area contributed by atoms with Crippen LogP contribution in [0, 0.1) is 5.92 Å². The molecule has 1 aliphatic carbocycles. The zero-order chi connectivity index (χ0) is 8.43. The summed E-state index contributed by atoms with van der Waals surface area (Å²) in [6.07, 6.45) is 2.44. The van der Waals surface area contributed by atoms with E-state index < -0.39 is 0 Å². The molecule has 1 N–H and O–H groups in total. The van der Waals surface area contributed by atoms with Crippen LogP contribution in [0.3, 0.4) is 0 Å². The fraction of sp³-hybridized carbons (Fsp3) is 0.667. The molecule has 2 atom stereocenters. The average Bonchev–Trinajstić information content (AvgIpc) is 2.18. The summed E-state index contributed by atoms with van der Waals surface area (Å²) in [5, 5.41) is 3.25. The van der Waals surface area contributed by atoms with Crippen LogP contribution in [0.1, 0.15) is 26.7 Å². The first-order chi connectivity index (χ1) is 5.11. The quantitative estimate of drug-likeness (QED) is 0.477. The summed E-state index contributed by atoms with van der Waals surface area (Å²) < 4.78 is 0. The van der Waals surface area contributed by atoms with Crippen molar-refractivity contribution in [1.82, 2.24) is 5.32 Å². The third-order valence-corrected chi connectivity index (χ3v) is 2.46. The molecule has 0 bridgehead atoms. The fourth-order valence-electron chi connectivity index (χ4n) is 1.54. The normalized spacial score (nSPS) is 30.5. The van der Waals surface area contributed by atoms with Gasteiger partial charge in [0.05, 0.1) is 4.99 Å². The molecular weight excluding hydrogens is 154 g/mol. The van der Waals surface area contributed by atoms with Gasteiger partial charge in [-0.1, -0.05) is 31.3 Å². The van der Waals surface area contributed by atoms with Gasteiger partial charge in [0.15, 0.2) is 0 Å². The second-order valence-corrected chi connectivity index (χ2v) is 3.92. The molecule has 0 aliphatic heterocycles. The third-order valence-electron chi connectivity index (χ3n) is 2.35. The van der Waals surface area contributed by atoms with Crippen LogP contribution in [0.25, 0.3) is 0 Å². The molecule has 1 rings (SSSR count). The molecule has 0 aromatic heterocycles. The SMILES string of the molecule is C=C1C(C)CCC1NC(C)=S. The molecule has 2 heteroatoms. The van der Waals surface area contributed by atoms with Crippen LogP contribution >= 0.6 is 12.2 Å². The zero-order valence-corrected chi connectivity index (χ0v) is 8.00. The molecule has 1 aliphatic rings. The van der Waals surface area contributed by atoms with Crippen molar-refractivity contribution in [3.05, 3.63) is 12.2 Å². The second-order valence-electron chi connectivity index (χ2n) is 3.31. The molecule has 62 valence electrons. The Morgan fingerprint density at radius 1 is 1.64 bits per heavy atom. The van der Waals surface area contributed by atoms with Crippen molar-refractivity contribution in [3.8, 4) is 0 Å². The van der Waals surface area contributed by atoms with Crippen molar-refractivity contribution >= 4 is 17.2 Å². The van der Waals surface area contributed by atoms with E-state index in [4.69, 9.17) is 12.2 Å². The van der Waals surface area contributed by atoms with Crippen LogP contribution in [0.5, 0.6) is 0 Å². The molecule has 11 heavy (non-hydrogen) atoms. The Morgan fingerprint density at radius 2 is 2.27 bits per heavy atom. The van der Waals surface area contributed by atoms with Gasteiger partial charge in [0.1, 0.15) is 0 Å². The Hall–Kier alpha value is -0.370. The van der Waals surface area contributed by atoms with Gasteiger partial charge < -0.3 is 5.32 Å². The van der Waals surface area contributed by atoms with Gasteiger partial charge in [0, 0.05) is 6.04 Å². The van der Waals surface area contributed by atoms with E-state index in [0.29, 0.717) is 12.0 Å². The van der Waals surface area contributed by atoms with E-state index in [1.807, 2.05) is 6.92 Å². The average molecular weight is 169 g/mol. The Morgan fingerprint density at radius 3 is 2.64 bits per heavy atom. The van der Waals surface area contributed by atoms with Crippen LogP contribution in [-0.4, -0.2) is 11.0 Å². The van der Waals surface area contributed by atoms with Crippen molar-refractivity contribution in [3.63, 3.8) is 0 Å². The van der Waals surface area contributed by atoms with Crippen LogP contribution in [0.4, 0.5) is 0 Å². The topological polar surface area (TPSA) is 12.0 Å². The van der Waals surface area contributed by atoms with Gasteiger partial charge in [-0.3, -0.25) is 0 Å². The Kier molecular flexibility index (Phi) is 2.66. The lowest BCUT2D eigenvalue weighted by Crippen LogP contribution is -2.30. The van der Waals surface area contributed by atoms with E-state index in [9.17, 15) is 0 Å². The van der Waals surface area contributed by atoms with Crippen molar-refractivity contribution in [1.29, 1.82) is 0 Å². The molecular formula is C9H15NS. The van der Waals surface area contributed by atoms with E-state index in [1.165, 1.54) is 18.4 Å². The lowest BCUT2D eigenvalue weighted by Gasteiger charge is -2.14. The molecule has 0 heterocycles. The van der Waals surface area contributed by atoms with Gasteiger partial charge in [0.2, 0.25) is 0 Å². The van der Waals surface area contributed by atoms with Gasteiger partial charge in [-0.25, -0.2) is 0 Å². The third kappa shape index (κ3) is 2.03. The Labute approximate surface area is 73.9 Å². The highest BCUT2D eigenvalue weighted by molar-refractivity contribution is 7.80. The second kappa shape index (κ2) is 3.35. The van der Waals surface area contributed by atoms with Gasteiger partial charge in [-0.15, -0.1) is 0 Å². The predicted molar refractivity (Wildman–Crippen MR) is 52.7 cm³/mol. The van der Waals surface area contributed by atoms with Crippen molar-refractivity contribution in [2.45, 2.75) is 32.7 Å². The molecule has 0 spiro atoms. The highest BCUT2D eigenvalue weighted by Gasteiger charge is 2.24. The highest BCUT2D eigenvalue weighted by Crippen LogP contribution is 2.29. The van der Waals surface area contributed by atoms with Gasteiger partial charge in [0.25, 0.3) is 0 Å². The molecule has 0 radical (unpaired) electrons. The minimum atomic E-state index is 0.447. The maximum absolute atomic E-state index is 4.97. The summed E-state index contributed by atoms with van der Waals surface area (Å²) in [5.41, 5.74) is 1.31. The van der Waals surface area contributed by atoms with E-state index in [-0.39, 0.29) is 0 Å². The van der Waals surface area contributed by atoms with Gasteiger partial charge >= 0.3 is 0 Å². The smallest absolute Gasteiger partial charge is 0.0726 e. The lowest BCUT2D eigenvalue weighted by atomic mass is 10.1. The van der Waals surface area contributed by atoms with Crippen LogP contribution in [-0.2, 0) is 0 Å². The first-order valence-corrected chi connectivity index (χ1v) is 4.48. The number of hydrogen-bond donors (Lipinski definition) is 1. The van der Waals surface area contributed by atoms with Crippen molar-refractivity contribution in [2.75, 3.05) is 0 Å². The number of rotatable bonds is 1. The van der Waals surface area contributed by atoms with E-state index >= 15 is 0 Å². The molecule has 1 saturated carbocycles. The maximum Gasteiger partial charge on any atom is 0.0726 e. The molecule has 0 aromatic carbocycles. The summed E-state index contributed by atoms with van der Waals surface area (Å²) in [6.45, 7) is 8.19.